The average molecular weight is 134 g/mol. The van der Waals surface area contributed by atoms with Gasteiger partial charge in [0.05, 0.1) is 0 Å². The predicted molar refractivity (Wildman–Crippen MR) is 25.7 cm³/mol. The van der Waals surface area contributed by atoms with E-state index in [4.69, 9.17) is 10.2 Å². The Morgan fingerprint density at radius 1 is 1.78 bits per heavy atom. The minimum absolute atomic E-state index is 0.0756. The van der Waals surface area contributed by atoms with Gasteiger partial charge in [0.15, 0.2) is 6.10 Å². The number of carboxylic acids is 1. The van der Waals surface area contributed by atoms with Gasteiger partial charge in [-0.15, -0.1) is 0 Å². The first kappa shape index (κ1) is 7.90. The monoisotopic (exact) mass is 134 g/mol. The SMILES string of the molecule is O=COCC(O)C(=O)O. The molecule has 1 unspecified atom stereocenters. The van der Waals surface area contributed by atoms with Gasteiger partial charge in [0.25, 0.3) is 6.47 Å². The van der Waals surface area contributed by atoms with E-state index in [1.807, 2.05) is 0 Å². The number of hydrogen-bond donors (Lipinski definition) is 2. The van der Waals surface area contributed by atoms with Gasteiger partial charge >= 0.3 is 5.97 Å². The quantitative estimate of drug-likeness (QED) is 0.462. The number of aliphatic hydroxyl groups is 1. The van der Waals surface area contributed by atoms with E-state index in [0.717, 1.165) is 0 Å². The Kier molecular flexibility index (Phi) is 3.38. The van der Waals surface area contributed by atoms with E-state index in [-0.39, 0.29) is 6.47 Å². The van der Waals surface area contributed by atoms with E-state index < -0.39 is 18.7 Å². The number of rotatable bonds is 4. The molecule has 0 bridgehead atoms. The lowest BCUT2D eigenvalue weighted by atomic mass is 10.4. The second-order valence-electron chi connectivity index (χ2n) is 1.28. The van der Waals surface area contributed by atoms with Crippen LogP contribution in [-0.2, 0) is 14.3 Å². The lowest BCUT2D eigenvalue weighted by molar-refractivity contribution is -0.151. The van der Waals surface area contributed by atoms with Crippen LogP contribution in [0, 0.1) is 0 Å². The summed E-state index contributed by atoms with van der Waals surface area (Å²) in [5.74, 6) is -1.41. The Labute approximate surface area is 50.9 Å². The smallest absolute Gasteiger partial charge is 0.336 e. The molecule has 0 fully saturated rings. The van der Waals surface area contributed by atoms with Gasteiger partial charge in [-0.1, -0.05) is 0 Å². The number of aliphatic hydroxyl groups excluding tert-OH is 1. The molecule has 0 radical (unpaired) electrons. The van der Waals surface area contributed by atoms with Gasteiger partial charge < -0.3 is 14.9 Å². The number of carbonyl (C=O) groups excluding carboxylic acids is 1. The fourth-order valence-corrected chi connectivity index (χ4v) is 0.202. The van der Waals surface area contributed by atoms with Gasteiger partial charge in [-0.2, -0.15) is 0 Å². The zero-order valence-electron chi connectivity index (χ0n) is 4.48. The summed E-state index contributed by atoms with van der Waals surface area (Å²) in [6.45, 7) is -0.426. The Morgan fingerprint density at radius 2 is 2.33 bits per heavy atom. The van der Waals surface area contributed by atoms with Crippen LogP contribution in [0.5, 0.6) is 0 Å². The molecular weight excluding hydrogens is 128 g/mol. The number of carbonyl (C=O) groups is 2. The summed E-state index contributed by atoms with van der Waals surface area (Å²) in [7, 11) is 0. The molecule has 5 nitrogen and oxygen atoms in total. The van der Waals surface area contributed by atoms with Crippen molar-refractivity contribution in [3.05, 3.63) is 0 Å². The molecule has 5 heteroatoms. The predicted octanol–water partition coefficient (Wildman–Crippen LogP) is -1.40. The zero-order chi connectivity index (χ0) is 7.28. The maximum atomic E-state index is 9.76. The Morgan fingerprint density at radius 3 is 2.67 bits per heavy atom. The van der Waals surface area contributed by atoms with Crippen LogP contribution >= 0.6 is 0 Å². The third-order valence-electron chi connectivity index (χ3n) is 0.607. The molecule has 0 aliphatic rings. The molecule has 2 N–H and O–H groups in total. The highest BCUT2D eigenvalue weighted by molar-refractivity contribution is 5.72. The lowest BCUT2D eigenvalue weighted by Crippen LogP contribution is -2.24. The summed E-state index contributed by atoms with van der Waals surface area (Å²) >= 11 is 0. The molecule has 0 spiro atoms. The number of carboxylic acid groups (broad SMARTS) is 1. The highest BCUT2D eigenvalue weighted by Crippen LogP contribution is 1.81. The summed E-state index contributed by atoms with van der Waals surface area (Å²) in [5.41, 5.74) is 0. The molecule has 0 aromatic rings. The van der Waals surface area contributed by atoms with Gasteiger partial charge in [-0.25, -0.2) is 4.79 Å². The van der Waals surface area contributed by atoms with Crippen molar-refractivity contribution in [2.24, 2.45) is 0 Å². The molecule has 0 saturated heterocycles. The summed E-state index contributed by atoms with van der Waals surface area (Å²) in [5, 5.41) is 16.3. The Hall–Kier alpha value is -1.10. The molecule has 0 aromatic heterocycles. The fraction of sp³-hybridized carbons (Fsp3) is 0.500. The molecule has 0 rings (SSSR count). The molecule has 9 heavy (non-hydrogen) atoms. The largest absolute Gasteiger partial charge is 0.479 e. The normalized spacial score (nSPS) is 12.1. The van der Waals surface area contributed by atoms with E-state index in [2.05, 4.69) is 4.74 Å². The molecule has 0 aliphatic carbocycles. The highest BCUT2D eigenvalue weighted by Gasteiger charge is 2.12. The fourth-order valence-electron chi connectivity index (χ4n) is 0.202. The Balaban J connectivity index is 3.37. The molecule has 0 amide bonds. The van der Waals surface area contributed by atoms with Crippen molar-refractivity contribution in [3.63, 3.8) is 0 Å². The van der Waals surface area contributed by atoms with Crippen molar-refractivity contribution >= 4 is 12.4 Å². The van der Waals surface area contributed by atoms with Crippen LogP contribution in [0.4, 0.5) is 0 Å². The minimum Gasteiger partial charge on any atom is -0.479 e. The maximum absolute atomic E-state index is 9.76. The average Bonchev–Trinajstić information content (AvgIpc) is 1.82. The van der Waals surface area contributed by atoms with E-state index in [9.17, 15) is 9.59 Å². The summed E-state index contributed by atoms with van der Waals surface area (Å²) in [6, 6.07) is 0. The van der Waals surface area contributed by atoms with Crippen molar-refractivity contribution in [1.82, 2.24) is 0 Å². The zero-order valence-corrected chi connectivity index (χ0v) is 4.48. The van der Waals surface area contributed by atoms with Crippen molar-refractivity contribution in [3.8, 4) is 0 Å². The molecule has 1 atom stereocenters. The molecule has 0 aliphatic heterocycles. The summed E-state index contributed by atoms with van der Waals surface area (Å²) in [6.07, 6.45) is -1.62. The van der Waals surface area contributed by atoms with Crippen LogP contribution in [0.2, 0.25) is 0 Å². The first-order valence-electron chi connectivity index (χ1n) is 2.14. The number of ether oxygens (including phenoxy) is 1. The second-order valence-corrected chi connectivity index (χ2v) is 1.28. The van der Waals surface area contributed by atoms with Crippen LogP contribution in [0.1, 0.15) is 0 Å². The maximum Gasteiger partial charge on any atom is 0.336 e. The van der Waals surface area contributed by atoms with E-state index in [1.54, 1.807) is 0 Å². The molecule has 52 valence electrons. The van der Waals surface area contributed by atoms with Gasteiger partial charge in [0.1, 0.15) is 6.61 Å². The first-order valence-corrected chi connectivity index (χ1v) is 2.14. The molecule has 0 heterocycles. The second kappa shape index (κ2) is 3.85. The van der Waals surface area contributed by atoms with Gasteiger partial charge in [0.2, 0.25) is 0 Å². The van der Waals surface area contributed by atoms with Crippen LogP contribution in [-0.4, -0.2) is 35.4 Å². The summed E-state index contributed by atoms with van der Waals surface area (Å²) < 4.78 is 3.95. The van der Waals surface area contributed by atoms with Crippen molar-refractivity contribution in [2.45, 2.75) is 6.10 Å². The van der Waals surface area contributed by atoms with E-state index >= 15 is 0 Å². The number of aliphatic carboxylic acids is 1. The Bertz CT molecular complexity index is 110. The molecule has 0 aromatic carbocycles. The minimum atomic E-state index is -1.62. The van der Waals surface area contributed by atoms with Gasteiger partial charge in [-0.05, 0) is 0 Å². The van der Waals surface area contributed by atoms with Gasteiger partial charge in [-0.3, -0.25) is 4.79 Å². The van der Waals surface area contributed by atoms with E-state index in [0.29, 0.717) is 0 Å². The third-order valence-corrected chi connectivity index (χ3v) is 0.607. The highest BCUT2D eigenvalue weighted by atomic mass is 16.5. The van der Waals surface area contributed by atoms with E-state index in [1.165, 1.54) is 0 Å². The van der Waals surface area contributed by atoms with Crippen LogP contribution in [0.15, 0.2) is 0 Å². The standard InChI is InChI=1S/C4H6O5/c5-2-9-1-3(6)4(7)8/h2-3,6H,1H2,(H,7,8). The first-order chi connectivity index (χ1) is 4.18. The third kappa shape index (κ3) is 3.48. The topological polar surface area (TPSA) is 83.8 Å². The van der Waals surface area contributed by atoms with Crippen LogP contribution in [0.3, 0.4) is 0 Å². The van der Waals surface area contributed by atoms with Crippen molar-refractivity contribution in [1.29, 1.82) is 0 Å². The summed E-state index contributed by atoms with van der Waals surface area (Å²) in [4.78, 5) is 19.2. The van der Waals surface area contributed by atoms with Crippen molar-refractivity contribution < 1.29 is 24.5 Å². The lowest BCUT2D eigenvalue weighted by Gasteiger charge is -2.00. The molecular formula is C4H6O5. The van der Waals surface area contributed by atoms with Gasteiger partial charge in [0, 0.05) is 0 Å². The van der Waals surface area contributed by atoms with Crippen LogP contribution < -0.4 is 0 Å². The van der Waals surface area contributed by atoms with Crippen molar-refractivity contribution in [2.75, 3.05) is 6.61 Å². The molecule has 0 saturated carbocycles. The number of hydrogen-bond acceptors (Lipinski definition) is 4. The van der Waals surface area contributed by atoms with Crippen LogP contribution in [0.25, 0.3) is 0 Å².